The molecular weight excluding hydrogens is 252 g/mol. The van der Waals surface area contributed by atoms with E-state index < -0.39 is 0 Å². The summed E-state index contributed by atoms with van der Waals surface area (Å²) in [6.07, 6.45) is 14.4. The molecule has 0 amide bonds. The molecular formula is C16H24N2O2. The molecule has 0 N–H and O–H groups in total. The van der Waals surface area contributed by atoms with Gasteiger partial charge in [0.2, 0.25) is 6.08 Å². The molecule has 0 unspecified atom stereocenters. The van der Waals surface area contributed by atoms with E-state index in [9.17, 15) is 9.59 Å². The fraction of sp³-hybridized carbons (Fsp3) is 0.812. The van der Waals surface area contributed by atoms with E-state index >= 15 is 0 Å². The van der Waals surface area contributed by atoms with Crippen molar-refractivity contribution in [2.75, 3.05) is 0 Å². The van der Waals surface area contributed by atoms with Gasteiger partial charge in [-0.1, -0.05) is 0 Å². The summed E-state index contributed by atoms with van der Waals surface area (Å²) in [6.45, 7) is 0. The van der Waals surface area contributed by atoms with Crippen LogP contribution in [0.4, 0.5) is 0 Å². The minimum Gasteiger partial charge on any atom is -0.297 e. The van der Waals surface area contributed by atoms with E-state index in [-0.39, 0.29) is 6.04 Å². The summed E-state index contributed by atoms with van der Waals surface area (Å²) < 4.78 is 0. The van der Waals surface area contributed by atoms with Gasteiger partial charge in [-0.2, -0.15) is 0 Å². The summed E-state index contributed by atoms with van der Waals surface area (Å²) in [4.78, 5) is 28.6. The molecule has 2 saturated carbocycles. The molecule has 2 rings (SSSR count). The van der Waals surface area contributed by atoms with Crippen LogP contribution < -0.4 is 0 Å². The zero-order valence-corrected chi connectivity index (χ0v) is 12.0. The lowest BCUT2D eigenvalue weighted by Gasteiger charge is -2.32. The molecule has 0 aromatic rings. The Labute approximate surface area is 120 Å². The maximum atomic E-state index is 10.3. The van der Waals surface area contributed by atoms with Crippen molar-refractivity contribution in [1.29, 1.82) is 0 Å². The molecule has 2 fully saturated rings. The van der Waals surface area contributed by atoms with E-state index in [1.54, 1.807) is 6.08 Å². The van der Waals surface area contributed by atoms with Crippen LogP contribution in [0.1, 0.15) is 57.8 Å². The molecule has 0 spiro atoms. The summed E-state index contributed by atoms with van der Waals surface area (Å²) in [7, 11) is 0. The number of carbonyl (C=O) groups excluding carboxylic acids is 2. The van der Waals surface area contributed by atoms with Crippen molar-refractivity contribution >= 4 is 18.6 Å². The second-order valence-corrected chi connectivity index (χ2v) is 6.24. The predicted octanol–water partition coefficient (Wildman–Crippen LogP) is 3.10. The van der Waals surface area contributed by atoms with Crippen molar-refractivity contribution in [1.82, 2.24) is 0 Å². The highest BCUT2D eigenvalue weighted by molar-refractivity contribution is 6.12. The zero-order chi connectivity index (χ0) is 14.2. The molecule has 2 aliphatic rings. The van der Waals surface area contributed by atoms with Crippen LogP contribution in [0.25, 0.3) is 0 Å². The third-order valence-corrected chi connectivity index (χ3v) is 4.89. The monoisotopic (exact) mass is 276 g/mol. The standard InChI is InChI=1S/C16H24N2O2/c19-10-9-17-15-5-1-13(2-6-15)11-14-3-7-16(8-4-14)18-12-20/h9-10,13-16H,1-8,11H2. The number of carbonyl (C=O) groups is 1. The predicted molar refractivity (Wildman–Crippen MR) is 78.8 cm³/mol. The van der Waals surface area contributed by atoms with Gasteiger partial charge in [-0.25, -0.2) is 9.79 Å². The molecule has 110 valence electrons. The SMILES string of the molecule is O=C=NC1CCC(CC2CCC(N=CC=O)CC2)CC1. The molecule has 0 atom stereocenters. The number of hydrogen-bond donors (Lipinski definition) is 0. The largest absolute Gasteiger partial charge is 0.297 e. The Bertz CT molecular complexity index is 372. The minimum atomic E-state index is 0.233. The van der Waals surface area contributed by atoms with E-state index in [2.05, 4.69) is 9.98 Å². The van der Waals surface area contributed by atoms with Crippen LogP contribution in [0, 0.1) is 11.8 Å². The Kier molecular flexibility index (Phi) is 6.13. The van der Waals surface area contributed by atoms with E-state index in [0.717, 1.165) is 43.8 Å². The van der Waals surface area contributed by atoms with Crippen LogP contribution in [-0.2, 0) is 9.59 Å². The van der Waals surface area contributed by atoms with Gasteiger partial charge in [-0.05, 0) is 69.6 Å². The minimum absolute atomic E-state index is 0.233. The van der Waals surface area contributed by atoms with Gasteiger partial charge in [0.1, 0.15) is 0 Å². The van der Waals surface area contributed by atoms with Crippen LogP contribution in [0.5, 0.6) is 0 Å². The first-order chi connectivity index (χ1) is 9.81. The molecule has 0 aromatic carbocycles. The van der Waals surface area contributed by atoms with Crippen LogP contribution in [0.15, 0.2) is 9.98 Å². The summed E-state index contributed by atoms with van der Waals surface area (Å²) in [5.74, 6) is 1.64. The van der Waals surface area contributed by atoms with Crippen LogP contribution >= 0.6 is 0 Å². The number of aliphatic imine (C=N–C) groups is 2. The highest BCUT2D eigenvalue weighted by Crippen LogP contribution is 2.36. The molecule has 0 bridgehead atoms. The van der Waals surface area contributed by atoms with Crippen molar-refractivity contribution in [2.45, 2.75) is 69.9 Å². The number of hydrogen-bond acceptors (Lipinski definition) is 4. The molecule has 0 radical (unpaired) electrons. The average Bonchev–Trinajstić information content (AvgIpc) is 2.49. The number of rotatable bonds is 5. The Hall–Kier alpha value is -1.28. The van der Waals surface area contributed by atoms with Gasteiger partial charge in [0.05, 0.1) is 18.3 Å². The average molecular weight is 276 g/mol. The van der Waals surface area contributed by atoms with Gasteiger partial charge in [0.25, 0.3) is 0 Å². The molecule has 0 aromatic heterocycles. The van der Waals surface area contributed by atoms with Gasteiger partial charge in [0, 0.05) is 0 Å². The summed E-state index contributed by atoms with van der Waals surface area (Å²) >= 11 is 0. The van der Waals surface area contributed by atoms with Crippen molar-refractivity contribution in [3.8, 4) is 0 Å². The molecule has 0 heterocycles. The first-order valence-corrected chi connectivity index (χ1v) is 7.85. The first kappa shape index (κ1) is 15.1. The second-order valence-electron chi connectivity index (χ2n) is 6.24. The first-order valence-electron chi connectivity index (χ1n) is 7.85. The molecule has 4 nitrogen and oxygen atoms in total. The van der Waals surface area contributed by atoms with Crippen LogP contribution in [0.3, 0.4) is 0 Å². The van der Waals surface area contributed by atoms with Gasteiger partial charge >= 0.3 is 0 Å². The fourth-order valence-corrected chi connectivity index (χ4v) is 3.74. The molecule has 0 aliphatic heterocycles. The lowest BCUT2D eigenvalue weighted by molar-refractivity contribution is -0.102. The number of nitrogens with zero attached hydrogens (tertiary/aromatic N) is 2. The van der Waals surface area contributed by atoms with Crippen molar-refractivity contribution in [3.63, 3.8) is 0 Å². The Morgan fingerprint density at radius 3 is 1.95 bits per heavy atom. The Balaban J connectivity index is 1.67. The normalized spacial score (nSPS) is 34.6. The van der Waals surface area contributed by atoms with Crippen molar-refractivity contribution in [3.05, 3.63) is 0 Å². The van der Waals surface area contributed by atoms with E-state index in [1.165, 1.54) is 38.3 Å². The molecule has 0 saturated heterocycles. The Morgan fingerprint density at radius 1 is 0.900 bits per heavy atom. The van der Waals surface area contributed by atoms with Gasteiger partial charge in [0.15, 0.2) is 6.29 Å². The van der Waals surface area contributed by atoms with E-state index in [1.807, 2.05) is 0 Å². The smallest absolute Gasteiger partial charge is 0.235 e. The maximum Gasteiger partial charge on any atom is 0.235 e. The maximum absolute atomic E-state index is 10.3. The third-order valence-electron chi connectivity index (χ3n) is 4.89. The highest BCUT2D eigenvalue weighted by Gasteiger charge is 2.26. The third kappa shape index (κ3) is 4.68. The topological polar surface area (TPSA) is 58.9 Å². The zero-order valence-electron chi connectivity index (χ0n) is 12.0. The Morgan fingerprint density at radius 2 is 1.45 bits per heavy atom. The lowest BCUT2D eigenvalue weighted by Crippen LogP contribution is -2.23. The lowest BCUT2D eigenvalue weighted by atomic mass is 9.76. The second kappa shape index (κ2) is 8.11. The molecule has 4 heteroatoms. The van der Waals surface area contributed by atoms with Crippen LogP contribution in [0.2, 0.25) is 0 Å². The van der Waals surface area contributed by atoms with Crippen LogP contribution in [-0.4, -0.2) is 30.7 Å². The molecule has 2 aliphatic carbocycles. The number of isocyanates is 1. The van der Waals surface area contributed by atoms with E-state index in [4.69, 9.17) is 0 Å². The van der Waals surface area contributed by atoms with Gasteiger partial charge in [-0.15, -0.1) is 0 Å². The summed E-state index contributed by atoms with van der Waals surface area (Å²) in [5, 5.41) is 0. The van der Waals surface area contributed by atoms with Gasteiger partial charge in [-0.3, -0.25) is 9.79 Å². The highest BCUT2D eigenvalue weighted by atomic mass is 16.1. The summed E-state index contributed by atoms with van der Waals surface area (Å²) in [6, 6.07) is 0.603. The summed E-state index contributed by atoms with van der Waals surface area (Å²) in [5.41, 5.74) is 0. The quantitative estimate of drug-likeness (QED) is 0.440. The van der Waals surface area contributed by atoms with E-state index in [0.29, 0.717) is 6.04 Å². The van der Waals surface area contributed by atoms with Crippen molar-refractivity contribution < 1.29 is 9.59 Å². The van der Waals surface area contributed by atoms with Gasteiger partial charge < -0.3 is 0 Å². The molecule has 20 heavy (non-hydrogen) atoms. The fourth-order valence-electron chi connectivity index (χ4n) is 3.74. The van der Waals surface area contributed by atoms with Crippen molar-refractivity contribution in [2.24, 2.45) is 21.8 Å². The number of aldehydes is 1.